The van der Waals surface area contributed by atoms with Gasteiger partial charge in [-0.2, -0.15) is 4.98 Å². The van der Waals surface area contributed by atoms with Crippen molar-refractivity contribution in [2.24, 2.45) is 0 Å². The first-order valence-corrected chi connectivity index (χ1v) is 9.19. The minimum absolute atomic E-state index is 0. The van der Waals surface area contributed by atoms with Crippen LogP contribution in [0.5, 0.6) is 5.88 Å². The van der Waals surface area contributed by atoms with Crippen molar-refractivity contribution in [2.75, 3.05) is 34.4 Å². The number of hydrogen-bond acceptors (Lipinski definition) is 7. The summed E-state index contributed by atoms with van der Waals surface area (Å²) < 4.78 is 10.6. The molecule has 1 saturated heterocycles. The highest BCUT2D eigenvalue weighted by Gasteiger charge is 2.27. The molecule has 0 aliphatic carbocycles. The molecule has 9 heteroatoms. The third-order valence-electron chi connectivity index (χ3n) is 4.64. The number of hydrogen-bond donors (Lipinski definition) is 1. The number of thiophene rings is 1. The van der Waals surface area contributed by atoms with E-state index in [-0.39, 0.29) is 24.4 Å². The zero-order valence-electron chi connectivity index (χ0n) is 15.5. The number of halogens is 1. The summed E-state index contributed by atoms with van der Waals surface area (Å²) in [4.78, 5) is 25.3. The number of amides is 1. The van der Waals surface area contributed by atoms with Crippen molar-refractivity contribution in [1.82, 2.24) is 20.2 Å². The SMILES string of the molecule is COCc1nc(OC)c2c(C)c(C(=O)N(C)C3CCNCC3)sc2n1.Cl. The van der Waals surface area contributed by atoms with Crippen LogP contribution < -0.4 is 10.1 Å². The summed E-state index contributed by atoms with van der Waals surface area (Å²) in [5.74, 6) is 1.09. The Balaban J connectivity index is 0.00000243. The van der Waals surface area contributed by atoms with E-state index in [1.807, 2.05) is 18.9 Å². The number of rotatable bonds is 5. The molecule has 2 aromatic rings. The van der Waals surface area contributed by atoms with Crippen LogP contribution in [0.4, 0.5) is 0 Å². The van der Waals surface area contributed by atoms with Crippen LogP contribution >= 0.6 is 23.7 Å². The minimum atomic E-state index is 0. The third-order valence-corrected chi connectivity index (χ3v) is 5.81. The average molecular weight is 401 g/mol. The molecule has 0 spiro atoms. The molecule has 0 aromatic carbocycles. The van der Waals surface area contributed by atoms with Crippen LogP contribution in [0, 0.1) is 6.92 Å². The number of piperidine rings is 1. The van der Waals surface area contributed by atoms with Gasteiger partial charge in [-0.25, -0.2) is 4.98 Å². The van der Waals surface area contributed by atoms with Crippen LogP contribution in [0.1, 0.15) is 33.9 Å². The van der Waals surface area contributed by atoms with Crippen LogP contribution in [-0.2, 0) is 11.3 Å². The van der Waals surface area contributed by atoms with Gasteiger partial charge in [-0.1, -0.05) is 0 Å². The van der Waals surface area contributed by atoms with Crippen LogP contribution in [0.25, 0.3) is 10.2 Å². The Kier molecular flexibility index (Phi) is 7.16. The zero-order valence-corrected chi connectivity index (χ0v) is 17.1. The Hall–Kier alpha value is -1.48. The number of methoxy groups -OCH3 is 2. The summed E-state index contributed by atoms with van der Waals surface area (Å²) >= 11 is 1.40. The molecule has 3 rings (SSSR count). The van der Waals surface area contributed by atoms with E-state index in [1.165, 1.54) is 11.3 Å². The van der Waals surface area contributed by atoms with Crippen molar-refractivity contribution in [2.45, 2.75) is 32.4 Å². The first kappa shape index (κ1) is 20.8. The summed E-state index contributed by atoms with van der Waals surface area (Å²) in [7, 11) is 5.07. The predicted octanol–water partition coefficient (Wildman–Crippen LogP) is 2.40. The second-order valence-electron chi connectivity index (χ2n) is 6.22. The van der Waals surface area contributed by atoms with Gasteiger partial charge in [-0.05, 0) is 38.4 Å². The van der Waals surface area contributed by atoms with Gasteiger partial charge in [0.15, 0.2) is 5.82 Å². The summed E-state index contributed by atoms with van der Waals surface area (Å²) in [6, 6.07) is 0.274. The molecule has 0 bridgehead atoms. The van der Waals surface area contributed by atoms with Crippen LogP contribution in [0.15, 0.2) is 0 Å². The standard InChI is InChI=1S/C17H24N4O3S.ClH/c1-10-13-15(24-4)19-12(9-23-3)20-16(13)25-14(10)17(22)21(2)11-5-7-18-8-6-11;/h11,18H,5-9H2,1-4H3;1H. The summed E-state index contributed by atoms with van der Waals surface area (Å²) in [5, 5.41) is 4.15. The number of fused-ring (bicyclic) bond motifs is 1. The molecule has 1 aliphatic rings. The Morgan fingerprint density at radius 2 is 2.00 bits per heavy atom. The number of ether oxygens (including phenoxy) is 2. The number of nitrogens with one attached hydrogen (secondary N) is 1. The lowest BCUT2D eigenvalue weighted by Crippen LogP contribution is -2.43. The Bertz CT molecular complexity index is 777. The highest BCUT2D eigenvalue weighted by Crippen LogP contribution is 2.36. The molecular weight excluding hydrogens is 376 g/mol. The van der Waals surface area contributed by atoms with E-state index in [0.29, 0.717) is 23.2 Å². The first-order valence-electron chi connectivity index (χ1n) is 8.37. The van der Waals surface area contributed by atoms with Crippen molar-refractivity contribution in [3.63, 3.8) is 0 Å². The second kappa shape index (κ2) is 8.94. The molecule has 0 atom stereocenters. The van der Waals surface area contributed by atoms with Crippen LogP contribution in [-0.4, -0.2) is 61.2 Å². The summed E-state index contributed by atoms with van der Waals surface area (Å²) in [6.45, 7) is 4.15. The molecule has 7 nitrogen and oxygen atoms in total. The van der Waals surface area contributed by atoms with Gasteiger partial charge in [0, 0.05) is 20.2 Å². The van der Waals surface area contributed by atoms with Crippen molar-refractivity contribution < 1.29 is 14.3 Å². The van der Waals surface area contributed by atoms with Crippen LogP contribution in [0.3, 0.4) is 0 Å². The molecule has 1 amide bonds. The maximum Gasteiger partial charge on any atom is 0.264 e. The fourth-order valence-electron chi connectivity index (χ4n) is 3.21. The van der Waals surface area contributed by atoms with Gasteiger partial charge in [0.2, 0.25) is 5.88 Å². The molecule has 144 valence electrons. The highest BCUT2D eigenvalue weighted by atomic mass is 35.5. The number of carbonyl (C=O) groups is 1. The average Bonchev–Trinajstić information content (AvgIpc) is 2.97. The molecule has 2 aromatic heterocycles. The molecular formula is C17H25ClN4O3S. The molecule has 3 heterocycles. The van der Waals surface area contributed by atoms with E-state index in [0.717, 1.165) is 41.7 Å². The Morgan fingerprint density at radius 3 is 2.62 bits per heavy atom. The van der Waals surface area contributed by atoms with Crippen molar-refractivity contribution >= 4 is 39.9 Å². The maximum absolute atomic E-state index is 13.0. The zero-order chi connectivity index (χ0) is 18.0. The van der Waals surface area contributed by atoms with Gasteiger partial charge in [-0.3, -0.25) is 4.79 Å². The molecule has 1 aliphatic heterocycles. The maximum atomic E-state index is 13.0. The fourth-order valence-corrected chi connectivity index (χ4v) is 4.38. The van der Waals surface area contributed by atoms with E-state index in [1.54, 1.807) is 14.2 Å². The number of nitrogens with zero attached hydrogens (tertiary/aromatic N) is 3. The van der Waals surface area contributed by atoms with E-state index >= 15 is 0 Å². The lowest BCUT2D eigenvalue weighted by Gasteiger charge is -2.31. The second-order valence-corrected chi connectivity index (χ2v) is 7.21. The predicted molar refractivity (Wildman–Crippen MR) is 105 cm³/mol. The number of aromatic nitrogens is 2. The van der Waals surface area contributed by atoms with E-state index in [9.17, 15) is 4.79 Å². The fraction of sp³-hybridized carbons (Fsp3) is 0.588. The van der Waals surface area contributed by atoms with Crippen molar-refractivity contribution in [1.29, 1.82) is 0 Å². The van der Waals surface area contributed by atoms with Crippen LogP contribution in [0.2, 0.25) is 0 Å². The lowest BCUT2D eigenvalue weighted by atomic mass is 10.0. The topological polar surface area (TPSA) is 76.6 Å². The van der Waals surface area contributed by atoms with Gasteiger partial charge in [0.05, 0.1) is 17.4 Å². The van der Waals surface area contributed by atoms with Gasteiger partial charge in [0.25, 0.3) is 5.91 Å². The monoisotopic (exact) mass is 400 g/mol. The third kappa shape index (κ3) is 3.93. The molecule has 0 radical (unpaired) electrons. The minimum Gasteiger partial charge on any atom is -0.480 e. The van der Waals surface area contributed by atoms with Crippen molar-refractivity contribution in [3.05, 3.63) is 16.3 Å². The highest BCUT2D eigenvalue weighted by molar-refractivity contribution is 7.20. The van der Waals surface area contributed by atoms with Gasteiger partial charge in [0.1, 0.15) is 11.4 Å². The molecule has 0 saturated carbocycles. The quantitative estimate of drug-likeness (QED) is 0.830. The van der Waals surface area contributed by atoms with Crippen molar-refractivity contribution in [3.8, 4) is 5.88 Å². The number of carbonyl (C=O) groups excluding carboxylic acids is 1. The van der Waals surface area contributed by atoms with E-state index in [2.05, 4.69) is 15.3 Å². The van der Waals surface area contributed by atoms with Gasteiger partial charge >= 0.3 is 0 Å². The Labute approximate surface area is 163 Å². The van der Waals surface area contributed by atoms with Gasteiger partial charge in [-0.15, -0.1) is 23.7 Å². The molecule has 1 fully saturated rings. The summed E-state index contributed by atoms with van der Waals surface area (Å²) in [5.41, 5.74) is 0.881. The lowest BCUT2D eigenvalue weighted by molar-refractivity contribution is 0.0707. The largest absolute Gasteiger partial charge is 0.480 e. The molecule has 26 heavy (non-hydrogen) atoms. The molecule has 0 unspecified atom stereocenters. The Morgan fingerprint density at radius 1 is 1.31 bits per heavy atom. The van der Waals surface area contributed by atoms with E-state index < -0.39 is 0 Å². The first-order chi connectivity index (χ1) is 12.1. The smallest absolute Gasteiger partial charge is 0.264 e. The number of aryl methyl sites for hydroxylation is 1. The van der Waals surface area contributed by atoms with Gasteiger partial charge < -0.3 is 19.7 Å². The van der Waals surface area contributed by atoms with E-state index in [4.69, 9.17) is 9.47 Å². The molecule has 1 N–H and O–H groups in total. The normalized spacial score (nSPS) is 14.9. The summed E-state index contributed by atoms with van der Waals surface area (Å²) in [6.07, 6.45) is 1.96.